The first kappa shape index (κ1) is 17.9. The largest absolute Gasteiger partial charge is 0.497 e. The summed E-state index contributed by atoms with van der Waals surface area (Å²) in [6, 6.07) is 15.9. The van der Waals surface area contributed by atoms with E-state index in [4.69, 9.17) is 4.74 Å². The fourth-order valence-electron chi connectivity index (χ4n) is 2.50. The van der Waals surface area contributed by atoms with E-state index in [1.165, 1.54) is 5.56 Å². The molecule has 2 aromatic rings. The predicted octanol–water partition coefficient (Wildman–Crippen LogP) is 3.94. The lowest BCUT2D eigenvalue weighted by atomic mass is 10.0. The molecule has 0 aliphatic rings. The molecular weight excluding hydrogens is 300 g/mol. The Morgan fingerprint density at radius 2 is 1.79 bits per heavy atom. The number of benzene rings is 2. The SMILES string of the molecule is COc1ccc(CNC(=O)CCNc2ccccc2C(C)C)cc1. The summed E-state index contributed by atoms with van der Waals surface area (Å²) < 4.78 is 5.12. The van der Waals surface area contributed by atoms with Crippen LogP contribution in [0.1, 0.15) is 37.3 Å². The number of ether oxygens (including phenoxy) is 1. The smallest absolute Gasteiger partial charge is 0.222 e. The van der Waals surface area contributed by atoms with Gasteiger partial charge in [-0.25, -0.2) is 0 Å². The molecule has 1 amide bonds. The van der Waals surface area contributed by atoms with Crippen LogP contribution >= 0.6 is 0 Å². The maximum Gasteiger partial charge on any atom is 0.222 e. The third kappa shape index (κ3) is 5.30. The Kier molecular flexibility index (Phi) is 6.67. The zero-order chi connectivity index (χ0) is 17.4. The van der Waals surface area contributed by atoms with Crippen LogP contribution in [0.4, 0.5) is 5.69 Å². The minimum absolute atomic E-state index is 0.0420. The number of hydrogen-bond acceptors (Lipinski definition) is 3. The van der Waals surface area contributed by atoms with Gasteiger partial charge in [-0.3, -0.25) is 4.79 Å². The zero-order valence-electron chi connectivity index (χ0n) is 14.6. The van der Waals surface area contributed by atoms with Crippen LogP contribution in [-0.2, 0) is 11.3 Å². The minimum Gasteiger partial charge on any atom is -0.497 e. The van der Waals surface area contributed by atoms with Gasteiger partial charge in [0.15, 0.2) is 0 Å². The van der Waals surface area contributed by atoms with Gasteiger partial charge in [-0.2, -0.15) is 0 Å². The number of methoxy groups -OCH3 is 1. The van der Waals surface area contributed by atoms with Crippen molar-refractivity contribution in [3.05, 3.63) is 59.7 Å². The summed E-state index contributed by atoms with van der Waals surface area (Å²) in [5, 5.41) is 6.30. The average molecular weight is 326 g/mol. The number of carbonyl (C=O) groups excluding carboxylic acids is 1. The maximum atomic E-state index is 12.0. The van der Waals surface area contributed by atoms with Gasteiger partial charge in [0.25, 0.3) is 0 Å². The summed E-state index contributed by atoms with van der Waals surface area (Å²) in [4.78, 5) is 12.0. The topological polar surface area (TPSA) is 50.4 Å². The fraction of sp³-hybridized carbons (Fsp3) is 0.350. The molecule has 2 aromatic carbocycles. The summed E-state index contributed by atoms with van der Waals surface area (Å²) in [6.45, 7) is 5.49. The Balaban J connectivity index is 1.75. The lowest BCUT2D eigenvalue weighted by Gasteiger charge is -2.14. The molecule has 0 radical (unpaired) electrons. The molecule has 0 spiro atoms. The lowest BCUT2D eigenvalue weighted by molar-refractivity contribution is -0.121. The number of nitrogens with one attached hydrogen (secondary N) is 2. The molecule has 4 heteroatoms. The molecule has 0 fully saturated rings. The van der Waals surface area contributed by atoms with E-state index in [2.05, 4.69) is 36.6 Å². The van der Waals surface area contributed by atoms with E-state index < -0.39 is 0 Å². The van der Waals surface area contributed by atoms with Gasteiger partial charge in [0, 0.05) is 25.2 Å². The molecule has 2 N–H and O–H groups in total. The number of amides is 1. The van der Waals surface area contributed by atoms with Gasteiger partial charge in [-0.1, -0.05) is 44.2 Å². The number of anilines is 1. The molecule has 24 heavy (non-hydrogen) atoms. The van der Waals surface area contributed by atoms with Crippen LogP contribution in [0.15, 0.2) is 48.5 Å². The normalized spacial score (nSPS) is 10.5. The first-order chi connectivity index (χ1) is 11.6. The van der Waals surface area contributed by atoms with Crippen molar-refractivity contribution in [2.45, 2.75) is 32.7 Å². The van der Waals surface area contributed by atoms with Gasteiger partial charge in [0.1, 0.15) is 5.75 Å². The Labute approximate surface area is 144 Å². The van der Waals surface area contributed by atoms with Crippen LogP contribution in [0.25, 0.3) is 0 Å². The molecule has 0 aliphatic heterocycles. The first-order valence-electron chi connectivity index (χ1n) is 8.32. The second-order valence-electron chi connectivity index (χ2n) is 6.04. The lowest BCUT2D eigenvalue weighted by Crippen LogP contribution is -2.25. The third-order valence-corrected chi connectivity index (χ3v) is 3.90. The highest BCUT2D eigenvalue weighted by Crippen LogP contribution is 2.23. The molecule has 4 nitrogen and oxygen atoms in total. The second kappa shape index (κ2) is 8.96. The summed E-state index contributed by atoms with van der Waals surface area (Å²) in [7, 11) is 1.64. The van der Waals surface area contributed by atoms with Gasteiger partial charge in [-0.15, -0.1) is 0 Å². The first-order valence-corrected chi connectivity index (χ1v) is 8.32. The molecule has 0 saturated carbocycles. The van der Waals surface area contributed by atoms with Crippen LogP contribution < -0.4 is 15.4 Å². The highest BCUT2D eigenvalue weighted by Gasteiger charge is 2.06. The van der Waals surface area contributed by atoms with Crippen LogP contribution in [0.2, 0.25) is 0 Å². The second-order valence-corrected chi connectivity index (χ2v) is 6.04. The Morgan fingerprint density at radius 1 is 1.08 bits per heavy atom. The van der Waals surface area contributed by atoms with Gasteiger partial charge in [-0.05, 0) is 35.2 Å². The Bertz CT molecular complexity index is 651. The summed E-state index contributed by atoms with van der Waals surface area (Å²) in [5.74, 6) is 1.32. The van der Waals surface area contributed by atoms with E-state index in [0.717, 1.165) is 17.0 Å². The van der Waals surface area contributed by atoms with E-state index in [1.54, 1.807) is 7.11 Å². The van der Waals surface area contributed by atoms with Crippen molar-refractivity contribution in [2.24, 2.45) is 0 Å². The third-order valence-electron chi connectivity index (χ3n) is 3.90. The average Bonchev–Trinajstić information content (AvgIpc) is 2.60. The molecule has 0 heterocycles. The summed E-state index contributed by atoms with van der Waals surface area (Å²) >= 11 is 0. The summed E-state index contributed by atoms with van der Waals surface area (Å²) in [5.41, 5.74) is 3.44. The highest BCUT2D eigenvalue weighted by atomic mass is 16.5. The van der Waals surface area contributed by atoms with E-state index in [0.29, 0.717) is 25.4 Å². The van der Waals surface area contributed by atoms with Crippen molar-refractivity contribution in [1.82, 2.24) is 5.32 Å². The fourth-order valence-corrected chi connectivity index (χ4v) is 2.50. The van der Waals surface area contributed by atoms with Crippen molar-refractivity contribution in [3.63, 3.8) is 0 Å². The van der Waals surface area contributed by atoms with Crippen LogP contribution in [0.3, 0.4) is 0 Å². The molecule has 0 atom stereocenters. The zero-order valence-corrected chi connectivity index (χ0v) is 14.6. The molecule has 0 saturated heterocycles. The van der Waals surface area contributed by atoms with Crippen LogP contribution in [-0.4, -0.2) is 19.6 Å². The van der Waals surface area contributed by atoms with Crippen LogP contribution in [0.5, 0.6) is 5.75 Å². The molecule has 0 aromatic heterocycles. The van der Waals surface area contributed by atoms with Gasteiger partial charge in [0.05, 0.1) is 7.11 Å². The number of rotatable bonds is 8. The quantitative estimate of drug-likeness (QED) is 0.772. The van der Waals surface area contributed by atoms with E-state index in [-0.39, 0.29) is 5.91 Å². The highest BCUT2D eigenvalue weighted by molar-refractivity contribution is 5.76. The van der Waals surface area contributed by atoms with Crippen LogP contribution in [0, 0.1) is 0 Å². The van der Waals surface area contributed by atoms with Gasteiger partial charge in [0.2, 0.25) is 5.91 Å². The Morgan fingerprint density at radius 3 is 2.46 bits per heavy atom. The van der Waals surface area contributed by atoms with Crippen molar-refractivity contribution >= 4 is 11.6 Å². The van der Waals surface area contributed by atoms with Gasteiger partial charge >= 0.3 is 0 Å². The van der Waals surface area contributed by atoms with E-state index >= 15 is 0 Å². The van der Waals surface area contributed by atoms with E-state index in [1.807, 2.05) is 36.4 Å². The van der Waals surface area contributed by atoms with Gasteiger partial charge < -0.3 is 15.4 Å². The molecule has 2 rings (SSSR count). The predicted molar refractivity (Wildman–Crippen MR) is 98.5 cm³/mol. The molecule has 128 valence electrons. The number of carbonyl (C=O) groups is 1. The standard InChI is InChI=1S/C20H26N2O2/c1-15(2)18-6-4-5-7-19(18)21-13-12-20(23)22-14-16-8-10-17(24-3)11-9-16/h4-11,15,21H,12-14H2,1-3H3,(H,22,23). The van der Waals surface area contributed by atoms with Crippen molar-refractivity contribution in [2.75, 3.05) is 19.0 Å². The minimum atomic E-state index is 0.0420. The molecule has 0 aliphatic carbocycles. The summed E-state index contributed by atoms with van der Waals surface area (Å²) in [6.07, 6.45) is 0.447. The monoisotopic (exact) mass is 326 g/mol. The van der Waals surface area contributed by atoms with Crippen molar-refractivity contribution in [3.8, 4) is 5.75 Å². The molecule has 0 unspecified atom stereocenters. The molecule has 0 bridgehead atoms. The Hall–Kier alpha value is -2.49. The number of hydrogen-bond donors (Lipinski definition) is 2. The molecular formula is C20H26N2O2. The number of para-hydroxylation sites is 1. The maximum absolute atomic E-state index is 12.0. The van der Waals surface area contributed by atoms with E-state index in [9.17, 15) is 4.79 Å². The van der Waals surface area contributed by atoms with Crippen molar-refractivity contribution in [1.29, 1.82) is 0 Å². The van der Waals surface area contributed by atoms with Crippen molar-refractivity contribution < 1.29 is 9.53 Å².